The Morgan fingerprint density at radius 3 is 2.44 bits per heavy atom. The van der Waals surface area contributed by atoms with E-state index in [1.807, 2.05) is 0 Å². The molecule has 1 rings (SSSR count). The minimum Gasteiger partial charge on any atom is -0.496 e. The predicted octanol–water partition coefficient (Wildman–Crippen LogP) is 3.04. The lowest BCUT2D eigenvalue weighted by atomic mass is 9.89. The van der Waals surface area contributed by atoms with Gasteiger partial charge in [-0.15, -0.1) is 0 Å². The third-order valence-electron chi connectivity index (χ3n) is 3.34. The predicted molar refractivity (Wildman–Crippen MR) is 70.6 cm³/mol. The van der Waals surface area contributed by atoms with Gasteiger partial charge in [0.1, 0.15) is 5.75 Å². The molecule has 0 fully saturated rings. The van der Waals surface area contributed by atoms with E-state index in [2.05, 4.69) is 13.8 Å². The molecule has 18 heavy (non-hydrogen) atoms. The van der Waals surface area contributed by atoms with E-state index in [1.54, 1.807) is 13.2 Å². The molecule has 0 amide bonds. The van der Waals surface area contributed by atoms with Crippen LogP contribution in [0.4, 0.5) is 5.69 Å². The molecule has 1 aromatic carbocycles. The molecule has 0 saturated heterocycles. The van der Waals surface area contributed by atoms with Crippen molar-refractivity contribution in [1.29, 1.82) is 0 Å². The number of benzene rings is 1. The van der Waals surface area contributed by atoms with E-state index in [0.717, 1.165) is 12.8 Å². The quantitative estimate of drug-likeness (QED) is 0.623. The highest BCUT2D eigenvalue weighted by Crippen LogP contribution is 2.33. The lowest BCUT2D eigenvalue weighted by Gasteiger charge is -2.23. The summed E-state index contributed by atoms with van der Waals surface area (Å²) in [4.78, 5) is 10.4. The number of hydrogen-bond acceptors (Lipinski definition) is 4. The number of hydrogen-bond donors (Lipinski definition) is 1. The van der Waals surface area contributed by atoms with Crippen molar-refractivity contribution in [2.24, 2.45) is 11.7 Å². The Hall–Kier alpha value is -1.62. The fourth-order valence-corrected chi connectivity index (χ4v) is 2.15. The topological polar surface area (TPSA) is 78.4 Å². The summed E-state index contributed by atoms with van der Waals surface area (Å²) in [7, 11) is 1.55. The summed E-state index contributed by atoms with van der Waals surface area (Å²) in [6.45, 7) is 4.13. The second kappa shape index (κ2) is 6.35. The number of nitro benzene ring substituents is 1. The van der Waals surface area contributed by atoms with Crippen LogP contribution in [0.5, 0.6) is 5.75 Å². The largest absolute Gasteiger partial charge is 0.496 e. The van der Waals surface area contributed by atoms with Gasteiger partial charge in [0.2, 0.25) is 0 Å². The second-order valence-corrected chi connectivity index (χ2v) is 4.29. The minimum atomic E-state index is -0.414. The molecular weight excluding hydrogens is 232 g/mol. The number of methoxy groups -OCH3 is 1. The minimum absolute atomic E-state index is 0.0483. The first kappa shape index (κ1) is 14.4. The van der Waals surface area contributed by atoms with Crippen molar-refractivity contribution in [2.45, 2.75) is 32.7 Å². The van der Waals surface area contributed by atoms with Gasteiger partial charge >= 0.3 is 0 Å². The molecular formula is C13H20N2O3. The normalized spacial score (nSPS) is 12.5. The fourth-order valence-electron chi connectivity index (χ4n) is 2.15. The summed E-state index contributed by atoms with van der Waals surface area (Å²) in [6, 6.07) is 4.31. The van der Waals surface area contributed by atoms with Gasteiger partial charge in [0.05, 0.1) is 12.0 Å². The summed E-state index contributed by atoms with van der Waals surface area (Å²) in [5, 5.41) is 10.8. The summed E-state index contributed by atoms with van der Waals surface area (Å²) < 4.78 is 5.24. The van der Waals surface area contributed by atoms with Crippen LogP contribution in [0.1, 0.15) is 38.3 Å². The Kier molecular flexibility index (Phi) is 5.09. The van der Waals surface area contributed by atoms with Crippen molar-refractivity contribution in [1.82, 2.24) is 0 Å². The molecule has 5 nitrogen and oxygen atoms in total. The van der Waals surface area contributed by atoms with E-state index in [9.17, 15) is 10.1 Å². The second-order valence-electron chi connectivity index (χ2n) is 4.29. The summed E-state index contributed by atoms with van der Waals surface area (Å²) >= 11 is 0. The molecule has 0 aromatic heterocycles. The highest BCUT2D eigenvalue weighted by Gasteiger charge is 2.22. The maximum atomic E-state index is 10.8. The molecule has 1 unspecified atom stereocenters. The number of non-ortho nitro benzene ring substituents is 1. The molecule has 0 bridgehead atoms. The average molecular weight is 252 g/mol. The molecule has 100 valence electrons. The molecule has 0 aliphatic rings. The van der Waals surface area contributed by atoms with Crippen molar-refractivity contribution < 1.29 is 9.66 Å². The van der Waals surface area contributed by atoms with Crippen LogP contribution in [0.15, 0.2) is 18.2 Å². The molecule has 0 radical (unpaired) electrons. The first-order valence-electron chi connectivity index (χ1n) is 6.13. The van der Waals surface area contributed by atoms with Crippen LogP contribution in [-0.2, 0) is 0 Å². The van der Waals surface area contributed by atoms with Gasteiger partial charge < -0.3 is 10.5 Å². The fraction of sp³-hybridized carbons (Fsp3) is 0.538. The SMILES string of the molecule is CCC(CC)C(N)c1cc([N+](=O)[O-])ccc1OC. The number of nitrogens with zero attached hydrogens (tertiary/aromatic N) is 1. The molecule has 1 atom stereocenters. The van der Waals surface area contributed by atoms with E-state index in [-0.39, 0.29) is 11.7 Å². The monoisotopic (exact) mass is 252 g/mol. The zero-order chi connectivity index (χ0) is 13.7. The molecule has 0 heterocycles. The Bertz CT molecular complexity index is 417. The Balaban J connectivity index is 3.18. The molecule has 0 saturated carbocycles. The summed E-state index contributed by atoms with van der Waals surface area (Å²) in [5.41, 5.74) is 6.96. The number of rotatable bonds is 6. The summed E-state index contributed by atoms with van der Waals surface area (Å²) in [6.07, 6.45) is 1.87. The third-order valence-corrected chi connectivity index (χ3v) is 3.34. The first-order chi connectivity index (χ1) is 8.54. The van der Waals surface area contributed by atoms with Crippen LogP contribution in [0, 0.1) is 16.0 Å². The number of nitro groups is 1. The lowest BCUT2D eigenvalue weighted by Crippen LogP contribution is -2.21. The van der Waals surface area contributed by atoms with Crippen LogP contribution in [0.25, 0.3) is 0 Å². The zero-order valence-electron chi connectivity index (χ0n) is 11.1. The molecule has 1 aromatic rings. The van der Waals surface area contributed by atoms with Gasteiger partial charge in [0, 0.05) is 23.7 Å². The smallest absolute Gasteiger partial charge is 0.270 e. The van der Waals surface area contributed by atoms with Crippen LogP contribution in [-0.4, -0.2) is 12.0 Å². The Morgan fingerprint density at radius 1 is 1.39 bits per heavy atom. The molecule has 0 aliphatic carbocycles. The lowest BCUT2D eigenvalue weighted by molar-refractivity contribution is -0.385. The van der Waals surface area contributed by atoms with Crippen molar-refractivity contribution in [3.63, 3.8) is 0 Å². The Labute approximate surface area is 107 Å². The molecule has 2 N–H and O–H groups in total. The molecule has 0 spiro atoms. The zero-order valence-corrected chi connectivity index (χ0v) is 11.1. The van der Waals surface area contributed by atoms with Crippen molar-refractivity contribution in [3.05, 3.63) is 33.9 Å². The van der Waals surface area contributed by atoms with Crippen molar-refractivity contribution in [2.75, 3.05) is 7.11 Å². The van der Waals surface area contributed by atoms with Gasteiger partial charge in [-0.1, -0.05) is 26.7 Å². The Morgan fingerprint density at radius 2 is 2.00 bits per heavy atom. The molecule has 0 aliphatic heterocycles. The van der Waals surface area contributed by atoms with E-state index >= 15 is 0 Å². The van der Waals surface area contributed by atoms with Crippen LogP contribution >= 0.6 is 0 Å². The summed E-state index contributed by atoms with van der Waals surface area (Å²) in [5.74, 6) is 0.904. The van der Waals surface area contributed by atoms with Gasteiger partial charge in [-0.3, -0.25) is 10.1 Å². The van der Waals surface area contributed by atoms with E-state index < -0.39 is 4.92 Å². The van der Waals surface area contributed by atoms with Crippen molar-refractivity contribution >= 4 is 5.69 Å². The maximum Gasteiger partial charge on any atom is 0.270 e. The van der Waals surface area contributed by atoms with E-state index in [1.165, 1.54) is 12.1 Å². The van der Waals surface area contributed by atoms with Crippen LogP contribution in [0.3, 0.4) is 0 Å². The van der Waals surface area contributed by atoms with Crippen LogP contribution in [0.2, 0.25) is 0 Å². The van der Waals surface area contributed by atoms with Gasteiger partial charge in [0.25, 0.3) is 5.69 Å². The molecule has 5 heteroatoms. The van der Waals surface area contributed by atoms with E-state index in [4.69, 9.17) is 10.5 Å². The van der Waals surface area contributed by atoms with Gasteiger partial charge in [-0.25, -0.2) is 0 Å². The maximum absolute atomic E-state index is 10.8. The number of ether oxygens (including phenoxy) is 1. The van der Waals surface area contributed by atoms with Crippen molar-refractivity contribution in [3.8, 4) is 5.75 Å². The third kappa shape index (κ3) is 2.98. The highest BCUT2D eigenvalue weighted by atomic mass is 16.6. The van der Waals surface area contributed by atoms with E-state index in [0.29, 0.717) is 17.2 Å². The van der Waals surface area contributed by atoms with Gasteiger partial charge in [-0.05, 0) is 12.0 Å². The van der Waals surface area contributed by atoms with Gasteiger partial charge in [-0.2, -0.15) is 0 Å². The highest BCUT2D eigenvalue weighted by molar-refractivity contribution is 5.45. The van der Waals surface area contributed by atoms with Gasteiger partial charge in [0.15, 0.2) is 0 Å². The number of nitrogens with two attached hydrogens (primary N) is 1. The first-order valence-corrected chi connectivity index (χ1v) is 6.13. The van der Waals surface area contributed by atoms with Crippen LogP contribution < -0.4 is 10.5 Å². The average Bonchev–Trinajstić information content (AvgIpc) is 2.39. The standard InChI is InChI=1S/C13H20N2O3/c1-4-9(5-2)13(14)11-8-10(15(16)17)6-7-12(11)18-3/h6-9,13H,4-5,14H2,1-3H3.